The second kappa shape index (κ2) is 7.01. The zero-order valence-corrected chi connectivity index (χ0v) is 13.3. The molecule has 1 fully saturated rings. The van der Waals surface area contributed by atoms with Gasteiger partial charge in [-0.1, -0.05) is 31.2 Å². The van der Waals surface area contributed by atoms with Crippen molar-refractivity contribution in [2.45, 2.75) is 11.8 Å². The molecule has 1 saturated heterocycles. The molecule has 0 bridgehead atoms. The molecule has 2 aromatic carbocycles. The molecular formula is C18H22N2S. The molecular weight excluding hydrogens is 276 g/mol. The number of hydrogen-bond acceptors (Lipinski definition) is 3. The normalized spacial score (nSPS) is 15.2. The highest BCUT2D eigenvalue weighted by Gasteiger charge is 2.10. The lowest BCUT2D eigenvalue weighted by atomic mass is 10.1. The molecule has 1 heterocycles. The molecule has 1 N–H and O–H groups in total. The van der Waals surface area contributed by atoms with Gasteiger partial charge in [-0.15, -0.1) is 11.8 Å². The van der Waals surface area contributed by atoms with E-state index in [1.165, 1.54) is 21.7 Å². The van der Waals surface area contributed by atoms with Gasteiger partial charge in [-0.3, -0.25) is 0 Å². The van der Waals surface area contributed by atoms with Crippen LogP contribution in [-0.2, 0) is 0 Å². The number of nitrogens with zero attached hydrogens (tertiary/aromatic N) is 1. The number of benzene rings is 2. The highest BCUT2D eigenvalue weighted by Crippen LogP contribution is 2.26. The minimum Gasteiger partial charge on any atom is -0.369 e. The number of thioether (sulfide) groups is 1. The third-order valence-electron chi connectivity index (χ3n) is 3.85. The molecule has 0 spiro atoms. The summed E-state index contributed by atoms with van der Waals surface area (Å²) in [5.74, 6) is 1.12. The van der Waals surface area contributed by atoms with Gasteiger partial charge in [0.1, 0.15) is 0 Å². The van der Waals surface area contributed by atoms with Gasteiger partial charge in [-0.2, -0.15) is 0 Å². The monoisotopic (exact) mass is 298 g/mol. The Labute approximate surface area is 131 Å². The first kappa shape index (κ1) is 14.5. The molecule has 3 rings (SSSR count). The Balaban J connectivity index is 1.73. The first-order valence-corrected chi connectivity index (χ1v) is 8.64. The quantitative estimate of drug-likeness (QED) is 0.863. The molecule has 0 unspecified atom stereocenters. The number of rotatable bonds is 4. The molecule has 0 atom stereocenters. The van der Waals surface area contributed by atoms with E-state index in [1.807, 2.05) is 11.8 Å². The van der Waals surface area contributed by atoms with Crippen molar-refractivity contribution in [3.05, 3.63) is 48.5 Å². The summed E-state index contributed by atoms with van der Waals surface area (Å²) in [6, 6.07) is 17.8. The number of piperazine rings is 1. The van der Waals surface area contributed by atoms with Crippen molar-refractivity contribution in [1.82, 2.24) is 5.32 Å². The Hall–Kier alpha value is -1.45. The first-order valence-electron chi connectivity index (χ1n) is 7.66. The van der Waals surface area contributed by atoms with E-state index >= 15 is 0 Å². The fraction of sp³-hybridized carbons (Fsp3) is 0.333. The first-order chi connectivity index (χ1) is 10.4. The van der Waals surface area contributed by atoms with E-state index in [4.69, 9.17) is 0 Å². The minimum absolute atomic E-state index is 1.08. The summed E-state index contributed by atoms with van der Waals surface area (Å²) in [6.07, 6.45) is 0. The largest absolute Gasteiger partial charge is 0.369 e. The maximum atomic E-state index is 3.39. The van der Waals surface area contributed by atoms with Crippen LogP contribution in [0.3, 0.4) is 0 Å². The molecule has 1 aliphatic heterocycles. The van der Waals surface area contributed by atoms with Crippen LogP contribution in [0, 0.1) is 0 Å². The van der Waals surface area contributed by atoms with Gasteiger partial charge in [0.15, 0.2) is 0 Å². The van der Waals surface area contributed by atoms with E-state index < -0.39 is 0 Å². The van der Waals surface area contributed by atoms with Crippen LogP contribution in [0.4, 0.5) is 5.69 Å². The molecule has 0 saturated carbocycles. The van der Waals surface area contributed by atoms with Crippen molar-refractivity contribution in [2.24, 2.45) is 0 Å². The Kier molecular flexibility index (Phi) is 4.84. The summed E-state index contributed by atoms with van der Waals surface area (Å²) in [6.45, 7) is 6.55. The van der Waals surface area contributed by atoms with Crippen molar-refractivity contribution in [3.8, 4) is 11.1 Å². The van der Waals surface area contributed by atoms with Crippen LogP contribution in [0.2, 0.25) is 0 Å². The zero-order valence-electron chi connectivity index (χ0n) is 12.5. The van der Waals surface area contributed by atoms with Gasteiger partial charge in [-0.05, 0) is 41.1 Å². The van der Waals surface area contributed by atoms with Crippen molar-refractivity contribution in [1.29, 1.82) is 0 Å². The fourth-order valence-electron chi connectivity index (χ4n) is 2.70. The Morgan fingerprint density at radius 2 is 1.48 bits per heavy atom. The summed E-state index contributed by atoms with van der Waals surface area (Å²) >= 11 is 1.89. The van der Waals surface area contributed by atoms with Crippen LogP contribution in [0.15, 0.2) is 53.4 Å². The van der Waals surface area contributed by atoms with Crippen LogP contribution >= 0.6 is 11.8 Å². The van der Waals surface area contributed by atoms with Gasteiger partial charge < -0.3 is 10.2 Å². The third kappa shape index (κ3) is 3.60. The molecule has 0 radical (unpaired) electrons. The average molecular weight is 298 g/mol. The third-order valence-corrected chi connectivity index (χ3v) is 4.74. The second-order valence-electron chi connectivity index (χ2n) is 5.24. The second-order valence-corrected chi connectivity index (χ2v) is 6.58. The van der Waals surface area contributed by atoms with Crippen molar-refractivity contribution in [2.75, 3.05) is 36.8 Å². The molecule has 2 nitrogen and oxygen atoms in total. The predicted molar refractivity (Wildman–Crippen MR) is 93.4 cm³/mol. The van der Waals surface area contributed by atoms with Crippen LogP contribution in [-0.4, -0.2) is 31.9 Å². The van der Waals surface area contributed by atoms with Gasteiger partial charge in [0.25, 0.3) is 0 Å². The van der Waals surface area contributed by atoms with E-state index in [1.54, 1.807) is 0 Å². The average Bonchev–Trinajstić information content (AvgIpc) is 2.57. The van der Waals surface area contributed by atoms with E-state index in [2.05, 4.69) is 65.7 Å². The lowest BCUT2D eigenvalue weighted by molar-refractivity contribution is 0.589. The van der Waals surface area contributed by atoms with Crippen LogP contribution in [0.1, 0.15) is 6.92 Å². The Bertz CT molecular complexity index is 557. The Morgan fingerprint density at radius 3 is 2.05 bits per heavy atom. The maximum absolute atomic E-state index is 3.39. The molecule has 3 heteroatoms. The number of hydrogen-bond donors (Lipinski definition) is 1. The smallest absolute Gasteiger partial charge is 0.0367 e. The molecule has 1 aliphatic rings. The molecule has 0 amide bonds. The lowest BCUT2D eigenvalue weighted by Crippen LogP contribution is -2.43. The summed E-state index contributed by atoms with van der Waals surface area (Å²) < 4.78 is 0. The molecule has 0 aromatic heterocycles. The number of anilines is 1. The van der Waals surface area contributed by atoms with Gasteiger partial charge >= 0.3 is 0 Å². The minimum atomic E-state index is 1.08. The highest BCUT2D eigenvalue weighted by molar-refractivity contribution is 7.99. The van der Waals surface area contributed by atoms with E-state index in [9.17, 15) is 0 Å². The summed E-state index contributed by atoms with van der Waals surface area (Å²) in [7, 11) is 0. The summed E-state index contributed by atoms with van der Waals surface area (Å²) in [5.41, 5.74) is 3.92. The topological polar surface area (TPSA) is 15.3 Å². The van der Waals surface area contributed by atoms with Gasteiger partial charge in [0.05, 0.1) is 0 Å². The van der Waals surface area contributed by atoms with E-state index in [0.717, 1.165) is 31.9 Å². The molecule has 21 heavy (non-hydrogen) atoms. The molecule has 2 aromatic rings. The van der Waals surface area contributed by atoms with E-state index in [0.29, 0.717) is 0 Å². The highest BCUT2D eigenvalue weighted by atomic mass is 32.2. The van der Waals surface area contributed by atoms with Crippen molar-refractivity contribution >= 4 is 17.4 Å². The van der Waals surface area contributed by atoms with Crippen molar-refractivity contribution < 1.29 is 0 Å². The Morgan fingerprint density at radius 1 is 0.905 bits per heavy atom. The van der Waals surface area contributed by atoms with Gasteiger partial charge in [-0.25, -0.2) is 0 Å². The zero-order chi connectivity index (χ0) is 14.5. The SMILES string of the molecule is CCSc1ccc(-c2ccc(N3CCNCC3)cc2)cc1. The maximum Gasteiger partial charge on any atom is 0.0367 e. The standard InChI is InChI=1S/C18H22N2S/c1-2-21-18-9-5-16(6-10-18)15-3-7-17(8-4-15)20-13-11-19-12-14-20/h3-10,19H,2,11-14H2,1H3. The van der Waals surface area contributed by atoms with Crippen LogP contribution in [0.5, 0.6) is 0 Å². The summed E-state index contributed by atoms with van der Waals surface area (Å²) in [5, 5.41) is 3.39. The molecule has 0 aliphatic carbocycles. The molecule has 110 valence electrons. The van der Waals surface area contributed by atoms with Gasteiger partial charge in [0, 0.05) is 36.8 Å². The fourth-order valence-corrected chi connectivity index (χ4v) is 3.36. The summed E-state index contributed by atoms with van der Waals surface area (Å²) in [4.78, 5) is 3.79. The lowest BCUT2D eigenvalue weighted by Gasteiger charge is -2.29. The van der Waals surface area contributed by atoms with E-state index in [-0.39, 0.29) is 0 Å². The van der Waals surface area contributed by atoms with Crippen LogP contribution < -0.4 is 10.2 Å². The van der Waals surface area contributed by atoms with Gasteiger partial charge in [0.2, 0.25) is 0 Å². The number of nitrogens with one attached hydrogen (secondary N) is 1. The van der Waals surface area contributed by atoms with Crippen molar-refractivity contribution in [3.63, 3.8) is 0 Å². The predicted octanol–water partition coefficient (Wildman–Crippen LogP) is 3.88. The van der Waals surface area contributed by atoms with Crippen LogP contribution in [0.25, 0.3) is 11.1 Å².